The predicted octanol–water partition coefficient (Wildman–Crippen LogP) is 0.128. The van der Waals surface area contributed by atoms with Crippen LogP contribution in [0.5, 0.6) is 0 Å². The van der Waals surface area contributed by atoms with E-state index in [0.29, 0.717) is 13.0 Å². The minimum Gasteiger partial charge on any atom is -0.384 e. The lowest BCUT2D eigenvalue weighted by Crippen LogP contribution is -2.28. The summed E-state index contributed by atoms with van der Waals surface area (Å²) in [4.78, 5) is 0. The van der Waals surface area contributed by atoms with Gasteiger partial charge < -0.3 is 4.74 Å². The Bertz CT molecular complexity index is 211. The van der Waals surface area contributed by atoms with Gasteiger partial charge in [-0.15, -0.1) is 6.58 Å². The van der Waals surface area contributed by atoms with Crippen molar-refractivity contribution in [1.82, 2.24) is 4.72 Å². The van der Waals surface area contributed by atoms with E-state index in [-0.39, 0.29) is 12.4 Å². The lowest BCUT2D eigenvalue weighted by Gasteiger charge is -2.03. The summed E-state index contributed by atoms with van der Waals surface area (Å²) >= 11 is 0. The second-order valence-corrected chi connectivity index (χ2v) is 4.21. The number of ether oxygens (including phenoxy) is 1. The van der Waals surface area contributed by atoms with Crippen molar-refractivity contribution < 1.29 is 13.2 Å². The molecule has 0 radical (unpaired) electrons. The molecule has 0 heterocycles. The Morgan fingerprint density at radius 1 is 1.58 bits per heavy atom. The number of rotatable bonds is 7. The van der Waals surface area contributed by atoms with Gasteiger partial charge in [0.15, 0.2) is 0 Å². The number of hydrogen-bond donors (Lipinski definition) is 1. The number of hydrogen-bond acceptors (Lipinski definition) is 3. The second kappa shape index (κ2) is 6.16. The minimum atomic E-state index is -3.14. The van der Waals surface area contributed by atoms with E-state index in [1.54, 1.807) is 6.08 Å². The highest BCUT2D eigenvalue weighted by Gasteiger charge is 2.07. The molecule has 0 aliphatic carbocycles. The summed E-state index contributed by atoms with van der Waals surface area (Å²) in [5, 5.41) is 0. The monoisotopic (exact) mass is 193 g/mol. The third kappa shape index (κ3) is 6.33. The van der Waals surface area contributed by atoms with Crippen LogP contribution < -0.4 is 4.72 Å². The number of nitrogens with one attached hydrogen (secondary N) is 1. The SMILES string of the molecule is C=CCCNS(=O)(=O)CCOC. The number of methoxy groups -OCH3 is 1. The maximum atomic E-state index is 11.0. The average Bonchev–Trinajstić information content (AvgIpc) is 2.01. The minimum absolute atomic E-state index is 0.0145. The van der Waals surface area contributed by atoms with Gasteiger partial charge in [-0.3, -0.25) is 0 Å². The lowest BCUT2D eigenvalue weighted by atomic mass is 10.4. The maximum Gasteiger partial charge on any atom is 0.213 e. The Morgan fingerprint density at radius 2 is 2.25 bits per heavy atom. The van der Waals surface area contributed by atoms with Crippen LogP contribution in [0.4, 0.5) is 0 Å². The molecule has 0 amide bonds. The Hall–Kier alpha value is -0.390. The first-order chi connectivity index (χ1) is 5.62. The van der Waals surface area contributed by atoms with Gasteiger partial charge in [-0.2, -0.15) is 0 Å². The van der Waals surface area contributed by atoms with Crippen LogP contribution in [0, 0.1) is 0 Å². The molecule has 0 aromatic rings. The zero-order valence-corrected chi connectivity index (χ0v) is 8.06. The van der Waals surface area contributed by atoms with E-state index >= 15 is 0 Å². The van der Waals surface area contributed by atoms with E-state index in [4.69, 9.17) is 0 Å². The van der Waals surface area contributed by atoms with Gasteiger partial charge in [0.05, 0.1) is 12.4 Å². The quantitative estimate of drug-likeness (QED) is 0.462. The van der Waals surface area contributed by atoms with Crippen LogP contribution in [0.25, 0.3) is 0 Å². The molecule has 72 valence electrons. The summed E-state index contributed by atoms with van der Waals surface area (Å²) in [6, 6.07) is 0. The van der Waals surface area contributed by atoms with Crippen LogP contribution in [-0.2, 0) is 14.8 Å². The van der Waals surface area contributed by atoms with Crippen LogP contribution in [0.15, 0.2) is 12.7 Å². The molecule has 0 bridgehead atoms. The van der Waals surface area contributed by atoms with Crippen LogP contribution >= 0.6 is 0 Å². The number of sulfonamides is 1. The van der Waals surface area contributed by atoms with Gasteiger partial charge in [0, 0.05) is 13.7 Å². The van der Waals surface area contributed by atoms with Crippen molar-refractivity contribution in [2.45, 2.75) is 6.42 Å². The lowest BCUT2D eigenvalue weighted by molar-refractivity contribution is 0.217. The molecular weight excluding hydrogens is 178 g/mol. The van der Waals surface area contributed by atoms with Crippen LogP contribution in [0.2, 0.25) is 0 Å². The van der Waals surface area contributed by atoms with E-state index in [0.717, 1.165) is 0 Å². The largest absolute Gasteiger partial charge is 0.384 e. The van der Waals surface area contributed by atoms with E-state index in [2.05, 4.69) is 16.0 Å². The Balaban J connectivity index is 3.64. The molecule has 5 heteroatoms. The summed E-state index contributed by atoms with van der Waals surface area (Å²) in [6.07, 6.45) is 2.31. The summed E-state index contributed by atoms with van der Waals surface area (Å²) < 4.78 is 29.1. The molecule has 0 saturated heterocycles. The Morgan fingerprint density at radius 3 is 2.75 bits per heavy atom. The van der Waals surface area contributed by atoms with Gasteiger partial charge in [0.1, 0.15) is 0 Å². The van der Waals surface area contributed by atoms with E-state index in [1.165, 1.54) is 7.11 Å². The zero-order valence-electron chi connectivity index (χ0n) is 7.25. The molecule has 0 aromatic heterocycles. The molecular formula is C7H15NO3S. The Kier molecular flexibility index (Phi) is 5.96. The molecule has 0 fully saturated rings. The highest BCUT2D eigenvalue weighted by molar-refractivity contribution is 7.89. The molecule has 0 aromatic carbocycles. The first kappa shape index (κ1) is 11.6. The summed E-state index contributed by atoms with van der Waals surface area (Å²) in [5.74, 6) is 0.0145. The molecule has 0 aliphatic rings. The van der Waals surface area contributed by atoms with Crippen LogP contribution in [0.1, 0.15) is 6.42 Å². The van der Waals surface area contributed by atoms with Crippen molar-refractivity contribution in [1.29, 1.82) is 0 Å². The first-order valence-corrected chi connectivity index (χ1v) is 5.35. The summed E-state index contributed by atoms with van der Waals surface area (Å²) in [6.45, 7) is 4.12. The van der Waals surface area contributed by atoms with Crippen molar-refractivity contribution in [3.63, 3.8) is 0 Å². The van der Waals surface area contributed by atoms with Gasteiger partial charge in [-0.25, -0.2) is 13.1 Å². The highest BCUT2D eigenvalue weighted by Crippen LogP contribution is 1.85. The van der Waals surface area contributed by atoms with Crippen molar-refractivity contribution in [2.75, 3.05) is 26.0 Å². The van der Waals surface area contributed by atoms with Crippen molar-refractivity contribution in [3.8, 4) is 0 Å². The van der Waals surface area contributed by atoms with Gasteiger partial charge >= 0.3 is 0 Å². The fourth-order valence-electron chi connectivity index (χ4n) is 0.582. The first-order valence-electron chi connectivity index (χ1n) is 3.69. The van der Waals surface area contributed by atoms with Gasteiger partial charge in [0.2, 0.25) is 10.0 Å². The smallest absolute Gasteiger partial charge is 0.213 e. The molecule has 12 heavy (non-hydrogen) atoms. The molecule has 4 nitrogen and oxygen atoms in total. The molecule has 0 saturated carbocycles. The van der Waals surface area contributed by atoms with E-state index < -0.39 is 10.0 Å². The molecule has 0 spiro atoms. The van der Waals surface area contributed by atoms with E-state index in [9.17, 15) is 8.42 Å². The van der Waals surface area contributed by atoms with Gasteiger partial charge in [-0.1, -0.05) is 6.08 Å². The highest BCUT2D eigenvalue weighted by atomic mass is 32.2. The third-order valence-corrected chi connectivity index (χ3v) is 2.57. The van der Waals surface area contributed by atoms with E-state index in [1.807, 2.05) is 0 Å². The van der Waals surface area contributed by atoms with Gasteiger partial charge in [0.25, 0.3) is 0 Å². The molecule has 0 unspecified atom stereocenters. The van der Waals surface area contributed by atoms with Crippen molar-refractivity contribution in [3.05, 3.63) is 12.7 Å². The molecule has 0 rings (SSSR count). The Labute approximate surface area is 73.7 Å². The third-order valence-electron chi connectivity index (χ3n) is 1.23. The molecule has 0 aliphatic heterocycles. The van der Waals surface area contributed by atoms with Crippen LogP contribution in [0.3, 0.4) is 0 Å². The second-order valence-electron chi connectivity index (χ2n) is 2.28. The zero-order chi connectivity index (χ0) is 9.45. The summed E-state index contributed by atoms with van der Waals surface area (Å²) in [7, 11) is -1.67. The molecule has 0 atom stereocenters. The fraction of sp³-hybridized carbons (Fsp3) is 0.714. The van der Waals surface area contributed by atoms with Crippen molar-refractivity contribution >= 4 is 10.0 Å². The van der Waals surface area contributed by atoms with Crippen LogP contribution in [-0.4, -0.2) is 34.4 Å². The summed E-state index contributed by atoms with van der Waals surface area (Å²) in [5.41, 5.74) is 0. The maximum absolute atomic E-state index is 11.0. The normalized spacial score (nSPS) is 11.4. The van der Waals surface area contributed by atoms with Gasteiger partial charge in [-0.05, 0) is 6.42 Å². The topological polar surface area (TPSA) is 55.4 Å². The molecule has 1 N–H and O–H groups in total. The standard InChI is InChI=1S/C7H15NO3S/c1-3-4-5-8-12(9,10)7-6-11-2/h3,8H,1,4-7H2,2H3. The predicted molar refractivity (Wildman–Crippen MR) is 48.5 cm³/mol. The average molecular weight is 193 g/mol. The van der Waals surface area contributed by atoms with Crippen molar-refractivity contribution in [2.24, 2.45) is 0 Å². The fourth-order valence-corrected chi connectivity index (χ4v) is 1.54.